The van der Waals surface area contributed by atoms with Crippen molar-refractivity contribution in [3.05, 3.63) is 40.0 Å². The highest BCUT2D eigenvalue weighted by Crippen LogP contribution is 2.35. The van der Waals surface area contributed by atoms with Gasteiger partial charge in [-0.1, -0.05) is 5.16 Å². The third-order valence-electron chi connectivity index (χ3n) is 3.68. The van der Waals surface area contributed by atoms with Gasteiger partial charge in [0.15, 0.2) is 11.5 Å². The first-order valence-corrected chi connectivity index (χ1v) is 7.83. The standard InChI is InChI=1S/C15H13BrN4O3/c1-8-14(16)9(2)20(18-8)6-13-17-15(19-23-13)10-3-4-11-12(5-10)22-7-21-11/h3-5H,6-7H2,1-2H3. The van der Waals surface area contributed by atoms with E-state index in [0.717, 1.165) is 27.2 Å². The van der Waals surface area contributed by atoms with E-state index in [1.165, 1.54) is 0 Å². The maximum Gasteiger partial charge on any atom is 0.248 e. The summed E-state index contributed by atoms with van der Waals surface area (Å²) in [5.74, 6) is 2.43. The fourth-order valence-electron chi connectivity index (χ4n) is 2.43. The second-order valence-electron chi connectivity index (χ2n) is 5.22. The number of aromatic nitrogens is 4. The largest absolute Gasteiger partial charge is 0.454 e. The Morgan fingerprint density at radius 1 is 1.22 bits per heavy atom. The number of rotatable bonds is 3. The van der Waals surface area contributed by atoms with Crippen LogP contribution in [0.1, 0.15) is 17.3 Å². The van der Waals surface area contributed by atoms with Crippen molar-refractivity contribution in [2.75, 3.05) is 6.79 Å². The molecule has 3 heterocycles. The fourth-order valence-corrected chi connectivity index (χ4v) is 2.71. The van der Waals surface area contributed by atoms with E-state index in [0.29, 0.717) is 24.0 Å². The second-order valence-corrected chi connectivity index (χ2v) is 6.02. The lowest BCUT2D eigenvalue weighted by atomic mass is 10.2. The molecule has 0 saturated carbocycles. The van der Waals surface area contributed by atoms with Crippen molar-refractivity contribution in [1.82, 2.24) is 19.9 Å². The number of ether oxygens (including phenoxy) is 2. The van der Waals surface area contributed by atoms with Gasteiger partial charge in [0.25, 0.3) is 0 Å². The minimum atomic E-state index is 0.239. The quantitative estimate of drug-likeness (QED) is 0.698. The van der Waals surface area contributed by atoms with E-state index in [1.807, 2.05) is 36.7 Å². The van der Waals surface area contributed by atoms with Crippen molar-refractivity contribution in [3.8, 4) is 22.9 Å². The van der Waals surface area contributed by atoms with Gasteiger partial charge in [0.2, 0.25) is 18.5 Å². The Kier molecular flexibility index (Phi) is 3.33. The predicted octanol–water partition coefficient (Wildman–Crippen LogP) is 3.09. The zero-order valence-electron chi connectivity index (χ0n) is 12.5. The lowest BCUT2D eigenvalue weighted by Crippen LogP contribution is -2.04. The summed E-state index contributed by atoms with van der Waals surface area (Å²) in [6.07, 6.45) is 0. The summed E-state index contributed by atoms with van der Waals surface area (Å²) < 4.78 is 18.8. The molecule has 0 radical (unpaired) electrons. The molecule has 7 nitrogen and oxygen atoms in total. The molecule has 118 valence electrons. The molecule has 0 spiro atoms. The molecule has 2 aromatic heterocycles. The van der Waals surface area contributed by atoms with Crippen LogP contribution < -0.4 is 9.47 Å². The van der Waals surface area contributed by atoms with Gasteiger partial charge in [0.1, 0.15) is 6.54 Å². The van der Waals surface area contributed by atoms with E-state index in [-0.39, 0.29) is 6.79 Å². The highest BCUT2D eigenvalue weighted by molar-refractivity contribution is 9.10. The molecule has 8 heteroatoms. The Bertz CT molecular complexity index is 887. The number of fused-ring (bicyclic) bond motifs is 1. The highest BCUT2D eigenvalue weighted by atomic mass is 79.9. The lowest BCUT2D eigenvalue weighted by molar-refractivity contribution is 0.174. The molecule has 1 aliphatic heterocycles. The SMILES string of the molecule is Cc1nn(Cc2nc(-c3ccc4c(c3)OCO4)no2)c(C)c1Br. The molecule has 0 fully saturated rings. The molecule has 4 rings (SSSR count). The minimum Gasteiger partial charge on any atom is -0.454 e. The first kappa shape index (κ1) is 14.3. The smallest absolute Gasteiger partial charge is 0.248 e. The minimum absolute atomic E-state index is 0.239. The van der Waals surface area contributed by atoms with E-state index < -0.39 is 0 Å². The normalized spacial score (nSPS) is 12.8. The van der Waals surface area contributed by atoms with Gasteiger partial charge in [0.05, 0.1) is 15.9 Å². The number of hydrogen-bond acceptors (Lipinski definition) is 6. The summed E-state index contributed by atoms with van der Waals surface area (Å²) in [6, 6.07) is 5.56. The van der Waals surface area contributed by atoms with Gasteiger partial charge in [-0.15, -0.1) is 0 Å². The van der Waals surface area contributed by atoms with Crippen LogP contribution in [0.3, 0.4) is 0 Å². The van der Waals surface area contributed by atoms with Crippen LogP contribution in [0.5, 0.6) is 11.5 Å². The van der Waals surface area contributed by atoms with E-state index in [1.54, 1.807) is 0 Å². The first-order valence-electron chi connectivity index (χ1n) is 7.04. The molecule has 0 bridgehead atoms. The maximum absolute atomic E-state index is 5.37. The van der Waals surface area contributed by atoms with Gasteiger partial charge in [-0.05, 0) is 48.0 Å². The van der Waals surface area contributed by atoms with Crippen LogP contribution in [0.2, 0.25) is 0 Å². The molecule has 23 heavy (non-hydrogen) atoms. The molecule has 0 N–H and O–H groups in total. The molecule has 0 amide bonds. The van der Waals surface area contributed by atoms with Crippen LogP contribution in [0.25, 0.3) is 11.4 Å². The summed E-state index contributed by atoms with van der Waals surface area (Å²) in [5, 5.41) is 8.47. The van der Waals surface area contributed by atoms with Crippen molar-refractivity contribution < 1.29 is 14.0 Å². The van der Waals surface area contributed by atoms with Crippen molar-refractivity contribution in [1.29, 1.82) is 0 Å². The van der Waals surface area contributed by atoms with Crippen LogP contribution in [0.4, 0.5) is 0 Å². The van der Waals surface area contributed by atoms with Crippen LogP contribution in [-0.2, 0) is 6.54 Å². The third kappa shape index (κ3) is 2.48. The van der Waals surface area contributed by atoms with Gasteiger partial charge >= 0.3 is 0 Å². The van der Waals surface area contributed by atoms with E-state index >= 15 is 0 Å². The summed E-state index contributed by atoms with van der Waals surface area (Å²) in [5.41, 5.74) is 2.77. The molecular formula is C15H13BrN4O3. The molecule has 1 aromatic carbocycles. The van der Waals surface area contributed by atoms with E-state index in [4.69, 9.17) is 14.0 Å². The number of benzene rings is 1. The molecule has 0 aliphatic carbocycles. The van der Waals surface area contributed by atoms with Crippen LogP contribution in [-0.4, -0.2) is 26.7 Å². The van der Waals surface area contributed by atoms with Crippen molar-refractivity contribution >= 4 is 15.9 Å². The molecule has 3 aromatic rings. The number of aryl methyl sites for hydroxylation is 1. The van der Waals surface area contributed by atoms with Crippen molar-refractivity contribution in [2.45, 2.75) is 20.4 Å². The Morgan fingerprint density at radius 2 is 2.04 bits per heavy atom. The van der Waals surface area contributed by atoms with Crippen LogP contribution >= 0.6 is 15.9 Å². The number of nitrogens with zero attached hydrogens (tertiary/aromatic N) is 4. The highest BCUT2D eigenvalue weighted by Gasteiger charge is 2.17. The average molecular weight is 377 g/mol. The molecule has 1 aliphatic rings. The molecule has 0 unspecified atom stereocenters. The number of halogens is 1. The Balaban J connectivity index is 1.60. The maximum atomic E-state index is 5.37. The zero-order chi connectivity index (χ0) is 16.0. The Labute approximate surface area is 140 Å². The monoisotopic (exact) mass is 376 g/mol. The first-order chi connectivity index (χ1) is 11.1. The molecular weight excluding hydrogens is 364 g/mol. The summed E-state index contributed by atoms with van der Waals surface area (Å²) in [7, 11) is 0. The predicted molar refractivity (Wildman–Crippen MR) is 84.4 cm³/mol. The van der Waals surface area contributed by atoms with E-state index in [2.05, 4.69) is 31.2 Å². The van der Waals surface area contributed by atoms with Crippen molar-refractivity contribution in [2.24, 2.45) is 0 Å². The van der Waals surface area contributed by atoms with Crippen LogP contribution in [0, 0.1) is 13.8 Å². The summed E-state index contributed by atoms with van der Waals surface area (Å²) in [6.45, 7) is 4.59. The number of hydrogen-bond donors (Lipinski definition) is 0. The van der Waals surface area contributed by atoms with Gasteiger partial charge in [-0.25, -0.2) is 0 Å². The lowest BCUT2D eigenvalue weighted by Gasteiger charge is -1.99. The summed E-state index contributed by atoms with van der Waals surface area (Å²) in [4.78, 5) is 4.43. The topological polar surface area (TPSA) is 75.2 Å². The van der Waals surface area contributed by atoms with Gasteiger partial charge < -0.3 is 14.0 Å². The van der Waals surface area contributed by atoms with Crippen molar-refractivity contribution in [3.63, 3.8) is 0 Å². The average Bonchev–Trinajstić information content (AvgIpc) is 3.24. The fraction of sp³-hybridized carbons (Fsp3) is 0.267. The molecule has 0 atom stereocenters. The van der Waals surface area contributed by atoms with Gasteiger partial charge in [0, 0.05) is 5.56 Å². The zero-order valence-corrected chi connectivity index (χ0v) is 14.1. The molecule has 0 saturated heterocycles. The summed E-state index contributed by atoms with van der Waals surface area (Å²) >= 11 is 3.51. The van der Waals surface area contributed by atoms with Crippen LogP contribution in [0.15, 0.2) is 27.2 Å². The van der Waals surface area contributed by atoms with E-state index in [9.17, 15) is 0 Å². The second kappa shape index (κ2) is 5.38. The Hall–Kier alpha value is -2.35. The van der Waals surface area contributed by atoms with Gasteiger partial charge in [-0.2, -0.15) is 10.1 Å². The Morgan fingerprint density at radius 3 is 2.83 bits per heavy atom. The third-order valence-corrected chi connectivity index (χ3v) is 4.82. The van der Waals surface area contributed by atoms with Gasteiger partial charge in [-0.3, -0.25) is 4.68 Å².